The second kappa shape index (κ2) is 10.3. The summed E-state index contributed by atoms with van der Waals surface area (Å²) >= 11 is 6.41. The van der Waals surface area contributed by atoms with Crippen LogP contribution in [0.2, 0.25) is 5.02 Å². The number of carbonyl (C=O) groups is 1. The number of morpholine rings is 2. The van der Waals surface area contributed by atoms with Gasteiger partial charge in [0.1, 0.15) is 18.1 Å². The van der Waals surface area contributed by atoms with E-state index in [1.807, 2.05) is 18.2 Å². The number of methoxy groups -OCH3 is 1. The minimum Gasteiger partial charge on any atom is -0.494 e. The van der Waals surface area contributed by atoms with Gasteiger partial charge >= 0.3 is 0 Å². The molecule has 2 N–H and O–H groups in total. The van der Waals surface area contributed by atoms with E-state index in [4.69, 9.17) is 21.1 Å². The van der Waals surface area contributed by atoms with Crippen molar-refractivity contribution in [3.63, 3.8) is 0 Å². The molecule has 2 fully saturated rings. The number of hydrogen-bond acceptors (Lipinski definition) is 9. The van der Waals surface area contributed by atoms with Crippen molar-refractivity contribution in [1.82, 2.24) is 24.3 Å². The number of anilines is 3. The average Bonchev–Trinajstić information content (AvgIpc) is 3.38. The molecule has 11 nitrogen and oxygen atoms in total. The molecule has 2 bridgehead atoms. The number of pyridine rings is 1. The first-order valence-electron chi connectivity index (χ1n) is 12.3. The van der Waals surface area contributed by atoms with E-state index in [0.717, 1.165) is 5.69 Å². The number of nitrogens with one attached hydrogen (secondary N) is 1. The molecule has 13 heteroatoms. The van der Waals surface area contributed by atoms with Gasteiger partial charge < -0.3 is 29.7 Å². The molecular formula is C26H25ClFN7O4. The van der Waals surface area contributed by atoms with Crippen molar-refractivity contribution in [3.8, 4) is 17.1 Å². The number of aliphatic hydroxyl groups is 1. The van der Waals surface area contributed by atoms with E-state index in [0.29, 0.717) is 54.0 Å². The minimum atomic E-state index is -0.495. The van der Waals surface area contributed by atoms with E-state index in [9.17, 15) is 14.3 Å². The molecule has 2 saturated heterocycles. The molecule has 0 spiro atoms. The quantitative estimate of drug-likeness (QED) is 0.371. The van der Waals surface area contributed by atoms with Gasteiger partial charge in [0.2, 0.25) is 11.9 Å². The summed E-state index contributed by atoms with van der Waals surface area (Å²) in [5.74, 6) is 0.136. The fourth-order valence-corrected chi connectivity index (χ4v) is 5.25. The number of aliphatic hydroxyl groups excluding tert-OH is 1. The second-order valence-electron chi connectivity index (χ2n) is 9.33. The molecule has 0 aliphatic carbocycles. The standard InChI is InChI=1S/C26H25ClFN7O4/c1-38-22-7-15(33-10-16-12-34(23(37)14-36)13-17(11-33)39-16)4-5-20(22)31-26-30-8-18(27)24(32-26)21-9-29-25-19(28)3-2-6-35(21)25/h2-9,16-17,36H,10-14H2,1H3,(H,30,31,32). The van der Waals surface area contributed by atoms with Crippen LogP contribution in [0.15, 0.2) is 48.9 Å². The molecule has 2 atom stereocenters. The lowest BCUT2D eigenvalue weighted by Crippen LogP contribution is -2.61. The number of hydrogen-bond donors (Lipinski definition) is 2. The molecule has 6 rings (SSSR count). The van der Waals surface area contributed by atoms with Gasteiger partial charge in [-0.2, -0.15) is 0 Å². The van der Waals surface area contributed by atoms with Gasteiger partial charge in [0.15, 0.2) is 11.5 Å². The van der Waals surface area contributed by atoms with Gasteiger partial charge in [-0.3, -0.25) is 9.20 Å². The van der Waals surface area contributed by atoms with Crippen molar-refractivity contribution in [3.05, 3.63) is 59.8 Å². The van der Waals surface area contributed by atoms with Crippen LogP contribution in [0, 0.1) is 5.82 Å². The molecule has 0 radical (unpaired) electrons. The molecule has 1 amide bonds. The van der Waals surface area contributed by atoms with Crippen molar-refractivity contribution in [2.45, 2.75) is 12.2 Å². The van der Waals surface area contributed by atoms with E-state index in [1.165, 1.54) is 18.5 Å². The molecule has 3 aromatic heterocycles. The zero-order valence-corrected chi connectivity index (χ0v) is 21.7. The minimum absolute atomic E-state index is 0.147. The van der Waals surface area contributed by atoms with Crippen LogP contribution in [0.3, 0.4) is 0 Å². The van der Waals surface area contributed by atoms with Crippen molar-refractivity contribution in [2.24, 2.45) is 0 Å². The maximum absolute atomic E-state index is 14.2. The summed E-state index contributed by atoms with van der Waals surface area (Å²) in [6, 6.07) is 8.69. The summed E-state index contributed by atoms with van der Waals surface area (Å²) in [5, 5.41) is 12.7. The van der Waals surface area contributed by atoms with E-state index in [-0.39, 0.29) is 29.7 Å². The van der Waals surface area contributed by atoms with Crippen molar-refractivity contribution in [2.75, 3.05) is 50.1 Å². The predicted molar refractivity (Wildman–Crippen MR) is 142 cm³/mol. The average molecular weight is 554 g/mol. The number of carbonyl (C=O) groups excluding carboxylic acids is 1. The number of aromatic nitrogens is 4. The second-order valence-corrected chi connectivity index (χ2v) is 9.74. The van der Waals surface area contributed by atoms with Gasteiger partial charge in [-0.15, -0.1) is 0 Å². The topological polar surface area (TPSA) is 117 Å². The lowest BCUT2D eigenvalue weighted by molar-refractivity contribution is -0.150. The number of ether oxygens (including phenoxy) is 2. The zero-order valence-electron chi connectivity index (χ0n) is 20.9. The Kier molecular flexibility index (Phi) is 6.67. The van der Waals surface area contributed by atoms with Gasteiger partial charge in [-0.1, -0.05) is 11.6 Å². The summed E-state index contributed by atoms with van der Waals surface area (Å²) in [4.78, 5) is 28.8. The van der Waals surface area contributed by atoms with Crippen LogP contribution in [-0.2, 0) is 9.53 Å². The highest BCUT2D eigenvalue weighted by atomic mass is 35.5. The number of rotatable bonds is 6. The smallest absolute Gasteiger partial charge is 0.248 e. The van der Waals surface area contributed by atoms with Gasteiger partial charge in [-0.25, -0.2) is 19.3 Å². The summed E-state index contributed by atoms with van der Waals surface area (Å²) in [6.45, 7) is 1.60. The molecule has 2 aliphatic rings. The summed E-state index contributed by atoms with van der Waals surface area (Å²) < 4.78 is 27.4. The van der Waals surface area contributed by atoms with Crippen LogP contribution >= 0.6 is 11.6 Å². The summed E-state index contributed by atoms with van der Waals surface area (Å²) in [7, 11) is 1.58. The fourth-order valence-electron chi connectivity index (χ4n) is 5.07. The monoisotopic (exact) mass is 553 g/mol. The van der Waals surface area contributed by atoms with E-state index >= 15 is 0 Å². The van der Waals surface area contributed by atoms with E-state index in [1.54, 1.807) is 28.7 Å². The fraction of sp³-hybridized carbons (Fsp3) is 0.308. The van der Waals surface area contributed by atoms with Crippen molar-refractivity contribution < 1.29 is 23.8 Å². The Morgan fingerprint density at radius 3 is 2.74 bits per heavy atom. The highest BCUT2D eigenvalue weighted by Crippen LogP contribution is 2.34. The SMILES string of the molecule is COc1cc(N2CC3CN(C(=O)CO)CC(C2)O3)ccc1Nc1ncc(Cl)c(-c2cnc3c(F)cccn23)n1. The van der Waals surface area contributed by atoms with Crippen molar-refractivity contribution in [1.29, 1.82) is 0 Å². The summed E-state index contributed by atoms with van der Waals surface area (Å²) in [6.07, 6.45) is 4.39. The molecule has 4 aromatic rings. The Hall–Kier alpha value is -4.00. The highest BCUT2D eigenvalue weighted by molar-refractivity contribution is 6.32. The number of fused-ring (bicyclic) bond motifs is 3. The third-order valence-electron chi connectivity index (χ3n) is 6.84. The normalized spacial score (nSPS) is 18.9. The van der Waals surface area contributed by atoms with E-state index in [2.05, 4.69) is 25.2 Å². The summed E-state index contributed by atoms with van der Waals surface area (Å²) in [5.41, 5.74) is 2.69. The van der Waals surface area contributed by atoms with Gasteiger partial charge in [0.25, 0.3) is 0 Å². The first kappa shape index (κ1) is 25.3. The van der Waals surface area contributed by atoms with Gasteiger partial charge in [0.05, 0.1) is 48.1 Å². The van der Waals surface area contributed by atoms with E-state index < -0.39 is 12.4 Å². The van der Waals surface area contributed by atoms with Crippen molar-refractivity contribution >= 4 is 40.5 Å². The van der Waals surface area contributed by atoms with Gasteiger partial charge in [0, 0.05) is 44.1 Å². The Labute approximate surface area is 227 Å². The molecule has 2 unspecified atom stereocenters. The molecule has 1 aromatic carbocycles. The molecule has 2 aliphatic heterocycles. The molecular weight excluding hydrogens is 529 g/mol. The maximum Gasteiger partial charge on any atom is 0.248 e. The number of benzene rings is 1. The number of nitrogens with zero attached hydrogens (tertiary/aromatic N) is 6. The molecule has 0 saturated carbocycles. The van der Waals surface area contributed by atoms with Crippen LogP contribution in [0.25, 0.3) is 17.0 Å². The lowest BCUT2D eigenvalue weighted by atomic mass is 10.1. The van der Waals surface area contributed by atoms with Crippen LogP contribution in [0.1, 0.15) is 0 Å². The first-order chi connectivity index (χ1) is 18.9. The third-order valence-corrected chi connectivity index (χ3v) is 7.12. The Morgan fingerprint density at radius 1 is 1.21 bits per heavy atom. The maximum atomic E-state index is 14.2. The molecule has 39 heavy (non-hydrogen) atoms. The molecule has 5 heterocycles. The number of imidazole rings is 1. The highest BCUT2D eigenvalue weighted by Gasteiger charge is 2.36. The van der Waals surface area contributed by atoms with Crippen LogP contribution < -0.4 is 15.0 Å². The largest absolute Gasteiger partial charge is 0.494 e. The van der Waals surface area contributed by atoms with Gasteiger partial charge in [-0.05, 0) is 24.3 Å². The Balaban J connectivity index is 1.23. The van der Waals surface area contributed by atoms with Crippen LogP contribution in [0.5, 0.6) is 5.75 Å². The Morgan fingerprint density at radius 2 is 2.00 bits per heavy atom. The predicted octanol–water partition coefficient (Wildman–Crippen LogP) is 2.74. The Bertz CT molecular complexity index is 1540. The van der Waals surface area contributed by atoms with Crippen LogP contribution in [0.4, 0.5) is 21.7 Å². The first-order valence-corrected chi connectivity index (χ1v) is 12.7. The molecule has 202 valence electrons. The number of amides is 1. The number of halogens is 2. The van der Waals surface area contributed by atoms with Crippen LogP contribution in [-0.4, -0.2) is 87.4 Å². The third kappa shape index (κ3) is 4.82. The zero-order chi connectivity index (χ0) is 27.1. The lowest BCUT2D eigenvalue weighted by Gasteiger charge is -2.46.